The van der Waals surface area contributed by atoms with E-state index in [0.717, 1.165) is 31.4 Å². The number of piperidine rings is 1. The highest BCUT2D eigenvalue weighted by atomic mass is 19.1. The lowest BCUT2D eigenvalue weighted by Gasteiger charge is -2.30. The molecule has 2 rings (SSSR count). The van der Waals surface area contributed by atoms with Crippen LogP contribution in [0, 0.1) is 5.82 Å². The first-order valence-corrected chi connectivity index (χ1v) is 9.30. The maximum Gasteiger partial charge on any atom is 0.315 e. The molecule has 26 heavy (non-hydrogen) atoms. The molecule has 0 spiro atoms. The number of carbonyl (C=O) groups excluding carboxylic acids is 2. The molecule has 1 heterocycles. The van der Waals surface area contributed by atoms with Crippen molar-refractivity contribution in [1.82, 2.24) is 21.3 Å². The average Bonchev–Trinajstić information content (AvgIpc) is 2.61. The number of nitrogens with one attached hydrogen (secondary N) is 4. The zero-order valence-electron chi connectivity index (χ0n) is 15.5. The summed E-state index contributed by atoms with van der Waals surface area (Å²) in [5.74, 6) is -0.451. The molecule has 3 unspecified atom stereocenters. The largest absolute Gasteiger partial charge is 0.351 e. The van der Waals surface area contributed by atoms with Crippen molar-refractivity contribution < 1.29 is 14.0 Å². The van der Waals surface area contributed by atoms with Crippen molar-refractivity contribution in [2.24, 2.45) is 0 Å². The van der Waals surface area contributed by atoms with E-state index in [2.05, 4.69) is 28.2 Å². The van der Waals surface area contributed by atoms with Crippen LogP contribution in [0.15, 0.2) is 24.3 Å². The third-order valence-electron chi connectivity index (χ3n) is 4.54. The van der Waals surface area contributed by atoms with E-state index in [0.29, 0.717) is 12.5 Å². The fraction of sp³-hybridized carbons (Fsp3) is 0.579. The minimum Gasteiger partial charge on any atom is -0.351 e. The predicted molar refractivity (Wildman–Crippen MR) is 99.1 cm³/mol. The zero-order valence-corrected chi connectivity index (χ0v) is 15.5. The molecule has 0 aromatic heterocycles. The molecule has 0 aliphatic carbocycles. The van der Waals surface area contributed by atoms with Crippen molar-refractivity contribution in [3.05, 3.63) is 35.6 Å². The molecule has 144 valence electrons. The number of benzene rings is 1. The van der Waals surface area contributed by atoms with Crippen LogP contribution < -0.4 is 21.3 Å². The van der Waals surface area contributed by atoms with Gasteiger partial charge in [0.2, 0.25) is 5.91 Å². The Bertz CT molecular complexity index is 594. The van der Waals surface area contributed by atoms with Crippen LogP contribution in [-0.2, 0) is 11.3 Å². The van der Waals surface area contributed by atoms with E-state index in [1.807, 2.05) is 6.92 Å². The van der Waals surface area contributed by atoms with Gasteiger partial charge in [-0.3, -0.25) is 4.79 Å². The van der Waals surface area contributed by atoms with Crippen LogP contribution in [0.1, 0.15) is 45.1 Å². The predicted octanol–water partition coefficient (Wildman–Crippen LogP) is 2.05. The molecular weight excluding hydrogens is 335 g/mol. The van der Waals surface area contributed by atoms with Gasteiger partial charge in [0.05, 0.1) is 0 Å². The van der Waals surface area contributed by atoms with Crippen LogP contribution in [-0.4, -0.2) is 36.6 Å². The van der Waals surface area contributed by atoms with Gasteiger partial charge in [0.15, 0.2) is 0 Å². The van der Waals surface area contributed by atoms with Gasteiger partial charge in [-0.1, -0.05) is 25.5 Å². The number of halogens is 1. The summed E-state index contributed by atoms with van der Waals surface area (Å²) in [7, 11) is 0. The lowest BCUT2D eigenvalue weighted by atomic mass is 10.00. The molecule has 1 saturated heterocycles. The molecule has 6 nitrogen and oxygen atoms in total. The number of urea groups is 1. The van der Waals surface area contributed by atoms with Gasteiger partial charge in [-0.25, -0.2) is 9.18 Å². The average molecular weight is 364 g/mol. The van der Waals surface area contributed by atoms with Crippen LogP contribution in [0.2, 0.25) is 0 Å². The quantitative estimate of drug-likeness (QED) is 0.598. The van der Waals surface area contributed by atoms with Crippen molar-refractivity contribution in [2.75, 3.05) is 6.54 Å². The van der Waals surface area contributed by atoms with Crippen LogP contribution in [0.3, 0.4) is 0 Å². The fourth-order valence-corrected chi connectivity index (χ4v) is 3.12. The summed E-state index contributed by atoms with van der Waals surface area (Å²) in [6.07, 6.45) is 3.16. The summed E-state index contributed by atoms with van der Waals surface area (Å²) >= 11 is 0. The molecule has 1 aliphatic rings. The van der Waals surface area contributed by atoms with Gasteiger partial charge in [-0.2, -0.15) is 0 Å². The van der Waals surface area contributed by atoms with Crippen molar-refractivity contribution >= 4 is 11.9 Å². The second-order valence-electron chi connectivity index (χ2n) is 6.88. The Kier molecular flexibility index (Phi) is 7.84. The van der Waals surface area contributed by atoms with E-state index >= 15 is 0 Å². The summed E-state index contributed by atoms with van der Waals surface area (Å²) in [6, 6.07) is 5.49. The third-order valence-corrected chi connectivity index (χ3v) is 4.54. The van der Waals surface area contributed by atoms with Crippen LogP contribution in [0.25, 0.3) is 0 Å². The summed E-state index contributed by atoms with van der Waals surface area (Å²) in [6.45, 7) is 5.24. The number of hydrogen-bond donors (Lipinski definition) is 4. The van der Waals surface area contributed by atoms with Crippen molar-refractivity contribution in [3.63, 3.8) is 0 Å². The van der Waals surface area contributed by atoms with Gasteiger partial charge in [-0.05, 0) is 50.4 Å². The first-order chi connectivity index (χ1) is 12.5. The van der Waals surface area contributed by atoms with E-state index in [9.17, 15) is 14.0 Å². The molecule has 0 bridgehead atoms. The van der Waals surface area contributed by atoms with Crippen LogP contribution in [0.4, 0.5) is 9.18 Å². The number of rotatable bonds is 7. The molecule has 3 amide bonds. The Labute approximate surface area is 154 Å². The minimum absolute atomic E-state index is 0.136. The smallest absolute Gasteiger partial charge is 0.315 e. The Hall–Kier alpha value is -2.15. The first kappa shape index (κ1) is 20.2. The van der Waals surface area contributed by atoms with Crippen LogP contribution in [0.5, 0.6) is 0 Å². The van der Waals surface area contributed by atoms with E-state index in [-0.39, 0.29) is 24.3 Å². The number of hydrogen-bond acceptors (Lipinski definition) is 3. The Morgan fingerprint density at radius 3 is 2.69 bits per heavy atom. The summed E-state index contributed by atoms with van der Waals surface area (Å²) in [5.41, 5.74) is 0.793. The molecule has 0 saturated carbocycles. The number of carbonyl (C=O) groups is 2. The van der Waals surface area contributed by atoms with Gasteiger partial charge < -0.3 is 21.3 Å². The summed E-state index contributed by atoms with van der Waals surface area (Å²) < 4.78 is 12.9. The minimum atomic E-state index is -0.557. The Morgan fingerprint density at radius 2 is 2.04 bits per heavy atom. The lowest BCUT2D eigenvalue weighted by Crippen LogP contribution is -2.54. The van der Waals surface area contributed by atoms with Crippen molar-refractivity contribution in [1.29, 1.82) is 0 Å². The fourth-order valence-electron chi connectivity index (χ4n) is 3.12. The molecule has 7 heteroatoms. The lowest BCUT2D eigenvalue weighted by molar-refractivity contribution is -0.124. The normalized spacial score (nSPS) is 20.9. The highest BCUT2D eigenvalue weighted by molar-refractivity contribution is 5.87. The molecule has 1 fully saturated rings. The highest BCUT2D eigenvalue weighted by Crippen LogP contribution is 2.09. The monoisotopic (exact) mass is 364 g/mol. The van der Waals surface area contributed by atoms with Crippen molar-refractivity contribution in [2.45, 2.75) is 64.2 Å². The molecule has 3 atom stereocenters. The van der Waals surface area contributed by atoms with E-state index in [4.69, 9.17) is 0 Å². The molecule has 1 aliphatic heterocycles. The number of amides is 3. The second-order valence-corrected chi connectivity index (χ2v) is 6.88. The SMILES string of the molecule is CCCC(NC(=O)NCc1ccc(F)cc1)C(=O)NC1CCNC(C)C1. The molecular formula is C19H29FN4O2. The Morgan fingerprint density at radius 1 is 1.31 bits per heavy atom. The topological polar surface area (TPSA) is 82.3 Å². The van der Waals surface area contributed by atoms with Gasteiger partial charge >= 0.3 is 6.03 Å². The molecule has 1 aromatic carbocycles. The molecule has 0 radical (unpaired) electrons. The summed E-state index contributed by atoms with van der Waals surface area (Å²) in [4.78, 5) is 24.7. The van der Waals surface area contributed by atoms with E-state index < -0.39 is 12.1 Å². The molecule has 1 aromatic rings. The zero-order chi connectivity index (χ0) is 18.9. The summed E-state index contributed by atoms with van der Waals surface area (Å²) in [5, 5.41) is 11.9. The third kappa shape index (κ3) is 6.63. The van der Waals surface area contributed by atoms with Gasteiger partial charge in [0.1, 0.15) is 11.9 Å². The first-order valence-electron chi connectivity index (χ1n) is 9.30. The van der Waals surface area contributed by atoms with Gasteiger partial charge in [0, 0.05) is 18.6 Å². The van der Waals surface area contributed by atoms with E-state index in [1.165, 1.54) is 12.1 Å². The van der Waals surface area contributed by atoms with Gasteiger partial charge in [-0.15, -0.1) is 0 Å². The Balaban J connectivity index is 1.82. The maximum atomic E-state index is 12.9. The maximum absolute atomic E-state index is 12.9. The standard InChI is InChI=1S/C19H29FN4O2/c1-3-4-17(18(25)23-16-9-10-21-13(2)11-16)24-19(26)22-12-14-5-7-15(20)8-6-14/h5-8,13,16-17,21H,3-4,9-12H2,1-2H3,(H,23,25)(H2,22,24,26). The second kappa shape index (κ2) is 10.1. The van der Waals surface area contributed by atoms with Crippen LogP contribution >= 0.6 is 0 Å². The molecule has 4 N–H and O–H groups in total. The van der Waals surface area contributed by atoms with Crippen molar-refractivity contribution in [3.8, 4) is 0 Å². The van der Waals surface area contributed by atoms with Gasteiger partial charge in [0.25, 0.3) is 0 Å². The van der Waals surface area contributed by atoms with E-state index in [1.54, 1.807) is 12.1 Å². The highest BCUT2D eigenvalue weighted by Gasteiger charge is 2.25.